The second kappa shape index (κ2) is 9.08. The van der Waals surface area contributed by atoms with E-state index in [-0.39, 0.29) is 17.9 Å². The Morgan fingerprint density at radius 2 is 2.07 bits per heavy atom. The average Bonchev–Trinajstić information content (AvgIpc) is 3.34. The molecule has 2 atom stereocenters. The highest BCUT2D eigenvalue weighted by molar-refractivity contribution is 6.39. The Kier molecular flexibility index (Phi) is 6.54. The first kappa shape index (κ1) is 20.2. The number of urea groups is 1. The van der Waals surface area contributed by atoms with E-state index in [0.29, 0.717) is 44.7 Å². The Hall–Kier alpha value is -2.57. The van der Waals surface area contributed by atoms with E-state index in [1.807, 2.05) is 18.2 Å². The molecule has 1 aromatic carbocycles. The minimum absolute atomic E-state index is 0.0662. The molecule has 152 valence electrons. The SMILES string of the molecule is CCCCNC(=O)N1CCC2(CC(C(=O)NCC(C)c3ccccc3)=NO2)C1. The Morgan fingerprint density at radius 1 is 1.29 bits per heavy atom. The second-order valence-electron chi connectivity index (χ2n) is 7.77. The first-order valence-corrected chi connectivity index (χ1v) is 10.1. The number of carbonyl (C=O) groups excluding carboxylic acids is 2. The summed E-state index contributed by atoms with van der Waals surface area (Å²) < 4.78 is 0. The van der Waals surface area contributed by atoms with Crippen LogP contribution in [0, 0.1) is 0 Å². The largest absolute Gasteiger partial charge is 0.386 e. The van der Waals surface area contributed by atoms with E-state index in [0.717, 1.165) is 12.8 Å². The zero-order chi connectivity index (χ0) is 20.0. The van der Waals surface area contributed by atoms with Crippen molar-refractivity contribution in [2.45, 2.75) is 51.0 Å². The number of oxime groups is 1. The van der Waals surface area contributed by atoms with Crippen molar-refractivity contribution in [3.8, 4) is 0 Å². The summed E-state index contributed by atoms with van der Waals surface area (Å²) in [5.41, 5.74) is 1.04. The number of hydrogen-bond donors (Lipinski definition) is 2. The highest BCUT2D eigenvalue weighted by atomic mass is 16.7. The third-order valence-electron chi connectivity index (χ3n) is 5.45. The van der Waals surface area contributed by atoms with Gasteiger partial charge >= 0.3 is 6.03 Å². The average molecular weight is 386 g/mol. The topological polar surface area (TPSA) is 83.0 Å². The number of amides is 3. The van der Waals surface area contributed by atoms with Gasteiger partial charge in [0.2, 0.25) is 0 Å². The van der Waals surface area contributed by atoms with E-state index in [4.69, 9.17) is 4.84 Å². The van der Waals surface area contributed by atoms with Crippen LogP contribution in [0.25, 0.3) is 0 Å². The van der Waals surface area contributed by atoms with Crippen molar-refractivity contribution in [2.24, 2.45) is 5.16 Å². The molecule has 2 unspecified atom stereocenters. The monoisotopic (exact) mass is 386 g/mol. The molecule has 7 nitrogen and oxygen atoms in total. The molecule has 28 heavy (non-hydrogen) atoms. The van der Waals surface area contributed by atoms with Crippen LogP contribution >= 0.6 is 0 Å². The van der Waals surface area contributed by atoms with E-state index < -0.39 is 5.60 Å². The quantitative estimate of drug-likeness (QED) is 0.707. The molecule has 0 radical (unpaired) electrons. The smallest absolute Gasteiger partial charge is 0.317 e. The lowest BCUT2D eigenvalue weighted by Crippen LogP contribution is -2.42. The molecule has 2 heterocycles. The molecule has 0 saturated carbocycles. The fourth-order valence-corrected chi connectivity index (χ4v) is 3.61. The summed E-state index contributed by atoms with van der Waals surface area (Å²) in [6.45, 7) is 6.48. The Balaban J connectivity index is 1.45. The van der Waals surface area contributed by atoms with E-state index in [1.165, 1.54) is 5.56 Å². The van der Waals surface area contributed by atoms with E-state index >= 15 is 0 Å². The molecule has 3 amide bonds. The number of benzene rings is 1. The van der Waals surface area contributed by atoms with Crippen molar-refractivity contribution in [3.05, 3.63) is 35.9 Å². The summed E-state index contributed by atoms with van der Waals surface area (Å²) in [5, 5.41) is 9.92. The maximum atomic E-state index is 12.5. The van der Waals surface area contributed by atoms with Crippen molar-refractivity contribution in [1.29, 1.82) is 0 Å². The molecule has 0 bridgehead atoms. The lowest BCUT2D eigenvalue weighted by atomic mass is 9.96. The van der Waals surface area contributed by atoms with Crippen LogP contribution in [0.15, 0.2) is 35.5 Å². The van der Waals surface area contributed by atoms with Crippen LogP contribution in [-0.2, 0) is 9.63 Å². The number of likely N-dealkylation sites (tertiary alicyclic amines) is 1. The van der Waals surface area contributed by atoms with Crippen molar-refractivity contribution in [3.63, 3.8) is 0 Å². The predicted molar refractivity (Wildman–Crippen MR) is 108 cm³/mol. The van der Waals surface area contributed by atoms with Gasteiger partial charge in [-0.2, -0.15) is 0 Å². The maximum absolute atomic E-state index is 12.5. The van der Waals surface area contributed by atoms with Crippen LogP contribution in [0.5, 0.6) is 0 Å². The molecule has 1 aromatic rings. The van der Waals surface area contributed by atoms with Crippen molar-refractivity contribution >= 4 is 17.6 Å². The number of carbonyl (C=O) groups is 2. The molecule has 1 spiro atoms. The van der Waals surface area contributed by atoms with Gasteiger partial charge in [0.25, 0.3) is 5.91 Å². The predicted octanol–water partition coefficient (Wildman–Crippen LogP) is 2.64. The van der Waals surface area contributed by atoms with Gasteiger partial charge in [-0.3, -0.25) is 4.79 Å². The zero-order valence-electron chi connectivity index (χ0n) is 16.7. The van der Waals surface area contributed by atoms with Gasteiger partial charge in [-0.05, 0) is 17.9 Å². The number of nitrogens with zero attached hydrogens (tertiary/aromatic N) is 2. The fraction of sp³-hybridized carbons (Fsp3) is 0.571. The van der Waals surface area contributed by atoms with Gasteiger partial charge in [-0.1, -0.05) is 55.8 Å². The van der Waals surface area contributed by atoms with Crippen LogP contribution in [-0.4, -0.2) is 54.3 Å². The Morgan fingerprint density at radius 3 is 2.82 bits per heavy atom. The molecule has 2 N–H and O–H groups in total. The first-order valence-electron chi connectivity index (χ1n) is 10.1. The van der Waals surface area contributed by atoms with Gasteiger partial charge in [0.05, 0.1) is 6.54 Å². The van der Waals surface area contributed by atoms with E-state index in [2.05, 4.69) is 41.8 Å². The van der Waals surface area contributed by atoms with E-state index in [9.17, 15) is 9.59 Å². The molecular weight excluding hydrogens is 356 g/mol. The molecule has 0 aliphatic carbocycles. The Labute approximate surface area is 166 Å². The second-order valence-corrected chi connectivity index (χ2v) is 7.77. The van der Waals surface area contributed by atoms with Crippen molar-refractivity contribution in [1.82, 2.24) is 15.5 Å². The van der Waals surface area contributed by atoms with Gasteiger partial charge in [0.1, 0.15) is 5.71 Å². The number of hydrogen-bond acceptors (Lipinski definition) is 4. The summed E-state index contributed by atoms with van der Waals surface area (Å²) in [4.78, 5) is 32.1. The summed E-state index contributed by atoms with van der Waals surface area (Å²) in [5.74, 6) is 0.0290. The minimum atomic E-state index is -0.556. The highest BCUT2D eigenvalue weighted by Gasteiger charge is 2.47. The normalized spacial score (nSPS) is 21.9. The van der Waals surface area contributed by atoms with Crippen LogP contribution < -0.4 is 10.6 Å². The Bertz CT molecular complexity index is 722. The minimum Gasteiger partial charge on any atom is -0.386 e. The van der Waals surface area contributed by atoms with E-state index in [1.54, 1.807) is 4.90 Å². The van der Waals surface area contributed by atoms with Gasteiger partial charge in [-0.25, -0.2) is 4.79 Å². The summed E-state index contributed by atoms with van der Waals surface area (Å²) in [7, 11) is 0. The molecule has 1 fully saturated rings. The molecule has 2 aliphatic heterocycles. The molecule has 7 heteroatoms. The molecule has 2 aliphatic rings. The molecule has 1 saturated heterocycles. The van der Waals surface area contributed by atoms with Crippen LogP contribution in [0.2, 0.25) is 0 Å². The summed E-state index contributed by atoms with van der Waals surface area (Å²) >= 11 is 0. The third-order valence-corrected chi connectivity index (χ3v) is 5.45. The number of rotatable bonds is 7. The maximum Gasteiger partial charge on any atom is 0.317 e. The molecular formula is C21H30N4O3. The molecule has 3 rings (SSSR count). The van der Waals surface area contributed by atoms with Gasteiger partial charge in [0.15, 0.2) is 5.60 Å². The zero-order valence-corrected chi connectivity index (χ0v) is 16.7. The van der Waals surface area contributed by atoms with Crippen molar-refractivity contribution < 1.29 is 14.4 Å². The summed E-state index contributed by atoms with van der Waals surface area (Å²) in [6.07, 6.45) is 3.14. The lowest BCUT2D eigenvalue weighted by Gasteiger charge is -2.22. The van der Waals surface area contributed by atoms with Gasteiger partial charge in [-0.15, -0.1) is 0 Å². The van der Waals surface area contributed by atoms with Crippen LogP contribution in [0.4, 0.5) is 4.79 Å². The lowest BCUT2D eigenvalue weighted by molar-refractivity contribution is -0.115. The fourth-order valence-electron chi connectivity index (χ4n) is 3.61. The van der Waals surface area contributed by atoms with Gasteiger partial charge in [0, 0.05) is 32.5 Å². The molecule has 0 aromatic heterocycles. The third kappa shape index (κ3) is 4.82. The number of nitrogens with one attached hydrogen (secondary N) is 2. The number of unbranched alkanes of at least 4 members (excludes halogenated alkanes) is 1. The van der Waals surface area contributed by atoms with Crippen LogP contribution in [0.1, 0.15) is 51.0 Å². The van der Waals surface area contributed by atoms with Crippen LogP contribution in [0.3, 0.4) is 0 Å². The van der Waals surface area contributed by atoms with Gasteiger partial charge < -0.3 is 20.4 Å². The van der Waals surface area contributed by atoms with Crippen molar-refractivity contribution in [2.75, 3.05) is 26.2 Å². The summed E-state index contributed by atoms with van der Waals surface area (Å²) in [6, 6.07) is 10.0. The first-order chi connectivity index (χ1) is 13.5. The standard InChI is InChI=1S/C21H30N4O3/c1-3-4-11-22-20(27)25-12-10-21(15-25)13-18(24-28-21)19(26)23-14-16(2)17-8-6-5-7-9-17/h5-9,16H,3-4,10-15H2,1-2H3,(H,22,27)(H,23,26). The highest BCUT2D eigenvalue weighted by Crippen LogP contribution is 2.33.